The minimum Gasteiger partial charge on any atom is -0.465 e. The number of carbonyl (C=O) groups excluding carboxylic acids is 1. The quantitative estimate of drug-likeness (QED) is 0.659. The summed E-state index contributed by atoms with van der Waals surface area (Å²) >= 11 is 1.54. The number of rotatable bonds is 6. The van der Waals surface area contributed by atoms with Crippen LogP contribution in [0.2, 0.25) is 0 Å². The Morgan fingerprint density at radius 3 is 2.43 bits per heavy atom. The highest BCUT2D eigenvalue weighted by Gasteiger charge is 2.58. The maximum atomic E-state index is 13.5. The van der Waals surface area contributed by atoms with Gasteiger partial charge >= 0.3 is 6.09 Å². The fourth-order valence-electron chi connectivity index (χ4n) is 4.45. The van der Waals surface area contributed by atoms with E-state index in [1.807, 2.05) is 27.7 Å². The number of aryl methyl sites for hydroxylation is 1. The largest absolute Gasteiger partial charge is 0.465 e. The molecule has 0 spiro atoms. The molecule has 2 rings (SSSR count). The van der Waals surface area contributed by atoms with E-state index in [1.165, 1.54) is 4.90 Å². The molecule has 1 aromatic heterocycles. The average molecular weight is 438 g/mol. The van der Waals surface area contributed by atoms with Crippen molar-refractivity contribution < 1.29 is 14.7 Å². The predicted molar refractivity (Wildman–Crippen MR) is 122 cm³/mol. The second-order valence-electron chi connectivity index (χ2n) is 10.2. The maximum Gasteiger partial charge on any atom is 0.407 e. The van der Waals surface area contributed by atoms with Gasteiger partial charge in [-0.3, -0.25) is 8.75 Å². The second-order valence-corrected chi connectivity index (χ2v) is 11.2. The Morgan fingerprint density at radius 2 is 1.93 bits per heavy atom. The number of amides is 2. The summed E-state index contributed by atoms with van der Waals surface area (Å²) in [6.45, 7) is 16.9. The molecule has 0 bridgehead atoms. The first-order valence-electron chi connectivity index (χ1n) is 11.1. The average Bonchev–Trinajstić information content (AvgIpc) is 3.14. The van der Waals surface area contributed by atoms with Crippen LogP contribution in [-0.2, 0) is 16.8 Å². The number of nitrogens with zero attached hydrogens (tertiary/aromatic N) is 3. The molecular weight excluding hydrogens is 398 g/mol. The molecule has 0 aromatic carbocycles. The van der Waals surface area contributed by atoms with E-state index in [4.69, 9.17) is 0 Å². The molecular formula is C23H39N3O3S. The zero-order valence-electron chi connectivity index (χ0n) is 19.9. The Hall–Kier alpha value is -1.63. The Kier molecular flexibility index (Phi) is 7.27. The zero-order chi connectivity index (χ0) is 22.9. The fraction of sp³-hybridized carbons (Fsp3) is 0.783. The molecule has 1 heterocycles. The highest BCUT2D eigenvalue weighted by Crippen LogP contribution is 2.54. The summed E-state index contributed by atoms with van der Waals surface area (Å²) in [5.41, 5.74) is -0.128. The number of carboxylic acid groups (broad SMARTS) is 1. The molecule has 1 saturated carbocycles. The molecule has 30 heavy (non-hydrogen) atoms. The lowest BCUT2D eigenvalue weighted by molar-refractivity contribution is -0.132. The summed E-state index contributed by atoms with van der Waals surface area (Å²) in [7, 11) is 0. The minimum atomic E-state index is -0.921. The Bertz CT molecular complexity index is 847. The molecule has 0 radical (unpaired) electrons. The first-order valence-corrected chi connectivity index (χ1v) is 11.9. The van der Waals surface area contributed by atoms with Gasteiger partial charge in [0.1, 0.15) is 4.67 Å². The molecule has 2 atom stereocenters. The molecule has 1 fully saturated rings. The van der Waals surface area contributed by atoms with E-state index in [9.17, 15) is 14.7 Å². The van der Waals surface area contributed by atoms with Crippen LogP contribution in [0.25, 0.3) is 0 Å². The van der Waals surface area contributed by atoms with E-state index in [0.717, 1.165) is 29.5 Å². The highest BCUT2D eigenvalue weighted by atomic mass is 32.1. The van der Waals surface area contributed by atoms with Crippen molar-refractivity contribution in [3.8, 4) is 0 Å². The van der Waals surface area contributed by atoms with Crippen molar-refractivity contribution in [3.63, 3.8) is 0 Å². The van der Waals surface area contributed by atoms with Crippen LogP contribution in [0.3, 0.4) is 0 Å². The molecule has 6 nitrogen and oxygen atoms in total. The van der Waals surface area contributed by atoms with Gasteiger partial charge in [-0.15, -0.1) is 0 Å². The molecule has 1 aliphatic rings. The van der Waals surface area contributed by atoms with Gasteiger partial charge in [0.25, 0.3) is 5.91 Å². The molecule has 1 N–H and O–H groups in total. The summed E-state index contributed by atoms with van der Waals surface area (Å²) < 4.78 is 2.98. The molecule has 0 aliphatic heterocycles. The third-order valence-electron chi connectivity index (χ3n) is 7.00. The van der Waals surface area contributed by atoms with Gasteiger partial charge in [0.05, 0.1) is 5.41 Å². The minimum absolute atomic E-state index is 0.0623. The van der Waals surface area contributed by atoms with Crippen LogP contribution in [0.5, 0.6) is 0 Å². The van der Waals surface area contributed by atoms with E-state index < -0.39 is 16.9 Å². The normalized spacial score (nSPS) is 24.3. The smallest absolute Gasteiger partial charge is 0.407 e. The number of aromatic nitrogens is 1. The first kappa shape index (κ1) is 24.6. The van der Waals surface area contributed by atoms with E-state index in [1.54, 1.807) is 11.5 Å². The van der Waals surface area contributed by atoms with Gasteiger partial charge in [0.15, 0.2) is 0 Å². The zero-order valence-corrected chi connectivity index (χ0v) is 20.7. The Morgan fingerprint density at radius 1 is 1.30 bits per heavy atom. The lowest BCUT2D eigenvalue weighted by atomic mass is 9.67. The van der Waals surface area contributed by atoms with Crippen LogP contribution in [-0.4, -0.2) is 38.6 Å². The number of hydrogen-bond acceptors (Lipinski definition) is 3. The van der Waals surface area contributed by atoms with E-state index in [0.29, 0.717) is 19.4 Å². The molecule has 1 aromatic rings. The maximum absolute atomic E-state index is 13.5. The molecule has 7 heteroatoms. The van der Waals surface area contributed by atoms with Crippen molar-refractivity contribution in [1.82, 2.24) is 8.86 Å². The standard InChI is InChI=1S/C23H39N3O3S/c1-9-11-12-16-15-26(21(3,4)5)30-18(16)24-19(27)23(8)14-13-17(22(23,6)7)25(10-2)20(28)29/h15,17H,9-14H2,1-8H3,(H,28,29)/t17-,23-/m0/s1. The SMILES string of the molecule is CCCCc1cn(C(C)(C)C)sc1=NC(=O)[C@]1(C)CC[C@H](N(CC)C(=O)O)C1(C)C. The molecule has 170 valence electrons. The predicted octanol–water partition coefficient (Wildman–Crippen LogP) is 5.27. The molecule has 2 amide bonds. The topological polar surface area (TPSA) is 74.9 Å². The van der Waals surface area contributed by atoms with Crippen LogP contribution in [0.4, 0.5) is 4.79 Å². The van der Waals surface area contributed by atoms with Crippen molar-refractivity contribution in [3.05, 3.63) is 16.4 Å². The van der Waals surface area contributed by atoms with Gasteiger partial charge < -0.3 is 10.0 Å². The van der Waals surface area contributed by atoms with Gasteiger partial charge in [-0.05, 0) is 70.3 Å². The summed E-state index contributed by atoms with van der Waals surface area (Å²) in [6.07, 6.45) is 5.61. The number of hydrogen-bond donors (Lipinski definition) is 1. The van der Waals surface area contributed by atoms with Crippen LogP contribution in [0.15, 0.2) is 11.2 Å². The molecule has 0 saturated heterocycles. The summed E-state index contributed by atoms with van der Waals surface area (Å²) in [5, 5.41) is 9.62. The lowest BCUT2D eigenvalue weighted by Crippen LogP contribution is -2.51. The van der Waals surface area contributed by atoms with Gasteiger partial charge in [-0.1, -0.05) is 34.1 Å². The second kappa shape index (κ2) is 8.85. The van der Waals surface area contributed by atoms with Crippen LogP contribution in [0.1, 0.15) is 86.6 Å². The summed E-state index contributed by atoms with van der Waals surface area (Å²) in [5.74, 6) is -0.128. The van der Waals surface area contributed by atoms with Gasteiger partial charge in [-0.2, -0.15) is 0 Å². The van der Waals surface area contributed by atoms with E-state index in [-0.39, 0.29) is 17.5 Å². The third kappa shape index (κ3) is 4.51. The van der Waals surface area contributed by atoms with Gasteiger partial charge in [-0.25, -0.2) is 9.79 Å². The van der Waals surface area contributed by atoms with Crippen molar-refractivity contribution in [2.75, 3.05) is 6.54 Å². The van der Waals surface area contributed by atoms with Crippen LogP contribution >= 0.6 is 11.5 Å². The first-order chi connectivity index (χ1) is 13.8. The van der Waals surface area contributed by atoms with Gasteiger partial charge in [0.2, 0.25) is 0 Å². The van der Waals surface area contributed by atoms with Crippen LogP contribution in [0, 0.1) is 10.8 Å². The van der Waals surface area contributed by atoms with Crippen molar-refractivity contribution in [2.24, 2.45) is 15.8 Å². The highest BCUT2D eigenvalue weighted by molar-refractivity contribution is 7.04. The Labute approximate surface area is 185 Å². The van der Waals surface area contributed by atoms with Crippen LogP contribution < -0.4 is 4.67 Å². The monoisotopic (exact) mass is 437 g/mol. The number of carbonyl (C=O) groups is 2. The number of unbranched alkanes of at least 4 members (excludes halogenated alkanes) is 1. The van der Waals surface area contributed by atoms with E-state index in [2.05, 4.69) is 42.8 Å². The lowest BCUT2D eigenvalue weighted by Gasteiger charge is -2.42. The van der Waals surface area contributed by atoms with Crippen molar-refractivity contribution in [1.29, 1.82) is 0 Å². The van der Waals surface area contributed by atoms with Crippen molar-refractivity contribution >= 4 is 23.5 Å². The fourth-order valence-corrected chi connectivity index (χ4v) is 5.48. The molecule has 1 aliphatic carbocycles. The van der Waals surface area contributed by atoms with Gasteiger partial charge in [0, 0.05) is 29.9 Å². The summed E-state index contributed by atoms with van der Waals surface area (Å²) in [4.78, 5) is 31.4. The summed E-state index contributed by atoms with van der Waals surface area (Å²) in [6, 6.07) is -0.188. The molecule has 0 unspecified atom stereocenters. The Balaban J connectivity index is 2.46. The van der Waals surface area contributed by atoms with E-state index >= 15 is 0 Å². The third-order valence-corrected chi connectivity index (χ3v) is 8.38. The van der Waals surface area contributed by atoms with Crippen molar-refractivity contribution in [2.45, 2.75) is 99.1 Å².